The molecular weight excluding hydrogens is 198 g/mol. The van der Waals surface area contributed by atoms with Crippen LogP contribution in [0.4, 0.5) is 5.69 Å². The van der Waals surface area contributed by atoms with Gasteiger partial charge in [-0.25, -0.2) is 5.01 Å². The maximum atomic E-state index is 5.73. The standard InChI is InChI=1S/C9H13N.C4H12N2/c1-3-8-5-4-7(2)6-9(8)10;1-3-6(5)4-2/h4-6H,3,10H2,1-2H3;3-5H2,1-2H3. The Kier molecular flexibility index (Phi) is 7.60. The molecule has 92 valence electrons. The molecule has 1 aromatic carbocycles. The lowest BCUT2D eigenvalue weighted by atomic mass is 10.1. The zero-order valence-corrected chi connectivity index (χ0v) is 11.0. The van der Waals surface area contributed by atoms with Crippen LogP contribution in [-0.2, 0) is 6.42 Å². The Morgan fingerprint density at radius 1 is 1.12 bits per heavy atom. The molecule has 0 bridgehead atoms. The van der Waals surface area contributed by atoms with Crippen molar-refractivity contribution < 1.29 is 0 Å². The quantitative estimate of drug-likeness (QED) is 0.470. The van der Waals surface area contributed by atoms with E-state index in [0.29, 0.717) is 0 Å². The van der Waals surface area contributed by atoms with E-state index in [1.807, 2.05) is 19.9 Å². The molecule has 0 saturated heterocycles. The second-order valence-corrected chi connectivity index (χ2v) is 3.78. The van der Waals surface area contributed by atoms with Gasteiger partial charge in [-0.05, 0) is 30.5 Å². The fourth-order valence-corrected chi connectivity index (χ4v) is 1.26. The van der Waals surface area contributed by atoms with Gasteiger partial charge in [0.1, 0.15) is 0 Å². The number of hydrazine groups is 1. The summed E-state index contributed by atoms with van der Waals surface area (Å²) in [7, 11) is 0. The number of hydrogen-bond donors (Lipinski definition) is 2. The molecule has 3 nitrogen and oxygen atoms in total. The summed E-state index contributed by atoms with van der Waals surface area (Å²) in [5, 5.41) is 1.75. The molecule has 0 amide bonds. The lowest BCUT2D eigenvalue weighted by Crippen LogP contribution is -2.29. The summed E-state index contributed by atoms with van der Waals surface area (Å²) < 4.78 is 0. The van der Waals surface area contributed by atoms with E-state index in [0.717, 1.165) is 25.2 Å². The number of nitrogens with zero attached hydrogens (tertiary/aromatic N) is 1. The number of hydrogen-bond acceptors (Lipinski definition) is 3. The van der Waals surface area contributed by atoms with E-state index in [-0.39, 0.29) is 0 Å². The molecule has 4 N–H and O–H groups in total. The van der Waals surface area contributed by atoms with Gasteiger partial charge < -0.3 is 5.73 Å². The van der Waals surface area contributed by atoms with E-state index in [4.69, 9.17) is 11.6 Å². The first-order valence-electron chi connectivity index (χ1n) is 5.89. The molecule has 0 spiro atoms. The third kappa shape index (κ3) is 5.73. The summed E-state index contributed by atoms with van der Waals surface area (Å²) in [6.45, 7) is 10.1. The lowest BCUT2D eigenvalue weighted by molar-refractivity contribution is 0.316. The van der Waals surface area contributed by atoms with Crippen LogP contribution in [0.1, 0.15) is 31.9 Å². The van der Waals surface area contributed by atoms with Gasteiger partial charge in [-0.3, -0.25) is 5.84 Å². The number of rotatable bonds is 3. The summed E-state index contributed by atoms with van der Waals surface area (Å²) in [6, 6.07) is 6.19. The molecule has 0 radical (unpaired) electrons. The van der Waals surface area contributed by atoms with Crippen LogP contribution in [0.15, 0.2) is 18.2 Å². The maximum Gasteiger partial charge on any atom is 0.0349 e. The summed E-state index contributed by atoms with van der Waals surface area (Å²) in [4.78, 5) is 0. The van der Waals surface area contributed by atoms with Gasteiger partial charge in [-0.2, -0.15) is 0 Å². The zero-order chi connectivity index (χ0) is 12.6. The van der Waals surface area contributed by atoms with Crippen molar-refractivity contribution in [3.63, 3.8) is 0 Å². The van der Waals surface area contributed by atoms with Crippen LogP contribution in [0.2, 0.25) is 0 Å². The fraction of sp³-hybridized carbons (Fsp3) is 0.538. The van der Waals surface area contributed by atoms with Crippen molar-refractivity contribution in [2.24, 2.45) is 5.84 Å². The summed E-state index contributed by atoms with van der Waals surface area (Å²) >= 11 is 0. The van der Waals surface area contributed by atoms with Gasteiger partial charge in [0.15, 0.2) is 0 Å². The van der Waals surface area contributed by atoms with Gasteiger partial charge in [0, 0.05) is 18.8 Å². The molecule has 1 rings (SSSR count). The van der Waals surface area contributed by atoms with Crippen LogP contribution in [-0.4, -0.2) is 18.1 Å². The minimum absolute atomic E-state index is 0.919. The third-order valence-corrected chi connectivity index (χ3v) is 2.49. The van der Waals surface area contributed by atoms with E-state index in [2.05, 4.69) is 26.0 Å². The van der Waals surface area contributed by atoms with Crippen molar-refractivity contribution in [1.29, 1.82) is 0 Å². The highest BCUT2D eigenvalue weighted by molar-refractivity contribution is 5.48. The molecule has 0 aliphatic heterocycles. The molecule has 1 aromatic rings. The third-order valence-electron chi connectivity index (χ3n) is 2.49. The smallest absolute Gasteiger partial charge is 0.0349 e. The molecule has 0 unspecified atom stereocenters. The first-order chi connectivity index (χ1) is 7.54. The molecule has 0 heterocycles. The van der Waals surface area contributed by atoms with Crippen LogP contribution in [0, 0.1) is 6.92 Å². The average molecular weight is 223 g/mol. The normalized spacial score (nSPS) is 9.88. The minimum Gasteiger partial charge on any atom is -0.398 e. The Balaban J connectivity index is 0.000000325. The van der Waals surface area contributed by atoms with E-state index in [1.165, 1.54) is 11.1 Å². The summed E-state index contributed by atoms with van der Waals surface area (Å²) in [5.41, 5.74) is 9.12. The van der Waals surface area contributed by atoms with Crippen molar-refractivity contribution in [3.05, 3.63) is 29.3 Å². The highest BCUT2D eigenvalue weighted by atomic mass is 15.4. The van der Waals surface area contributed by atoms with E-state index < -0.39 is 0 Å². The van der Waals surface area contributed by atoms with Gasteiger partial charge in [0.05, 0.1) is 0 Å². The monoisotopic (exact) mass is 223 g/mol. The molecule has 3 heteroatoms. The van der Waals surface area contributed by atoms with Gasteiger partial charge in [0.2, 0.25) is 0 Å². The van der Waals surface area contributed by atoms with Crippen molar-refractivity contribution in [2.45, 2.75) is 34.1 Å². The topological polar surface area (TPSA) is 55.3 Å². The number of nitrogen functional groups attached to an aromatic ring is 1. The predicted molar refractivity (Wildman–Crippen MR) is 72.1 cm³/mol. The number of nitrogens with two attached hydrogens (primary N) is 2. The van der Waals surface area contributed by atoms with E-state index in [1.54, 1.807) is 5.01 Å². The number of benzene rings is 1. The Morgan fingerprint density at radius 2 is 1.69 bits per heavy atom. The van der Waals surface area contributed by atoms with Gasteiger partial charge in [0.25, 0.3) is 0 Å². The fourth-order valence-electron chi connectivity index (χ4n) is 1.26. The molecule has 0 atom stereocenters. The Morgan fingerprint density at radius 3 is 2.00 bits per heavy atom. The highest BCUT2D eigenvalue weighted by Crippen LogP contribution is 2.13. The Bertz CT molecular complexity index is 293. The molecule has 0 aliphatic rings. The first-order valence-corrected chi connectivity index (χ1v) is 5.89. The Labute approximate surface area is 99.4 Å². The van der Waals surface area contributed by atoms with Crippen LogP contribution in [0.25, 0.3) is 0 Å². The predicted octanol–water partition coefficient (Wildman–Crippen LogP) is 2.34. The zero-order valence-electron chi connectivity index (χ0n) is 11.0. The van der Waals surface area contributed by atoms with Gasteiger partial charge in [-0.15, -0.1) is 0 Å². The molecular formula is C13H25N3. The molecule has 0 fully saturated rings. The highest BCUT2D eigenvalue weighted by Gasteiger charge is 1.94. The number of aryl methyl sites for hydroxylation is 2. The average Bonchev–Trinajstić information content (AvgIpc) is 2.29. The lowest BCUT2D eigenvalue weighted by Gasteiger charge is -2.07. The number of anilines is 1. The van der Waals surface area contributed by atoms with Gasteiger partial charge >= 0.3 is 0 Å². The van der Waals surface area contributed by atoms with E-state index in [9.17, 15) is 0 Å². The molecule has 0 saturated carbocycles. The van der Waals surface area contributed by atoms with Crippen molar-refractivity contribution in [3.8, 4) is 0 Å². The van der Waals surface area contributed by atoms with Crippen molar-refractivity contribution in [1.82, 2.24) is 5.01 Å². The second kappa shape index (κ2) is 8.13. The summed E-state index contributed by atoms with van der Waals surface area (Å²) in [5.74, 6) is 5.31. The molecule has 0 aliphatic carbocycles. The molecule has 16 heavy (non-hydrogen) atoms. The second-order valence-electron chi connectivity index (χ2n) is 3.78. The van der Waals surface area contributed by atoms with Crippen LogP contribution >= 0.6 is 0 Å². The first kappa shape index (κ1) is 14.9. The van der Waals surface area contributed by atoms with Crippen LogP contribution < -0.4 is 11.6 Å². The van der Waals surface area contributed by atoms with Crippen molar-refractivity contribution >= 4 is 5.69 Å². The SMILES string of the molecule is CCN(N)CC.CCc1ccc(C)cc1N. The Hall–Kier alpha value is -1.06. The van der Waals surface area contributed by atoms with Crippen LogP contribution in [0.3, 0.4) is 0 Å². The largest absolute Gasteiger partial charge is 0.398 e. The molecule has 0 aromatic heterocycles. The van der Waals surface area contributed by atoms with Crippen molar-refractivity contribution in [2.75, 3.05) is 18.8 Å². The summed E-state index contributed by atoms with van der Waals surface area (Å²) in [6.07, 6.45) is 1.02. The van der Waals surface area contributed by atoms with Gasteiger partial charge in [-0.1, -0.05) is 32.9 Å². The van der Waals surface area contributed by atoms with Crippen LogP contribution in [0.5, 0.6) is 0 Å². The minimum atomic E-state index is 0.919. The maximum absolute atomic E-state index is 5.73. The van der Waals surface area contributed by atoms with E-state index >= 15 is 0 Å².